The summed E-state index contributed by atoms with van der Waals surface area (Å²) in [5, 5.41) is 11.4. The Morgan fingerprint density at radius 1 is 1.07 bits per heavy atom. The van der Waals surface area contributed by atoms with Gasteiger partial charge in [-0.25, -0.2) is 4.39 Å². The van der Waals surface area contributed by atoms with E-state index in [1.165, 1.54) is 53.6 Å². The lowest BCUT2D eigenvalue weighted by atomic mass is 9.99. The molecule has 4 rings (SSSR count). The zero-order chi connectivity index (χ0) is 21.4. The molecule has 8 heteroatoms. The highest BCUT2D eigenvalue weighted by atomic mass is 35.5. The third-order valence-corrected chi connectivity index (χ3v) is 5.55. The molecule has 1 aliphatic rings. The molecule has 2 heterocycles. The van der Waals surface area contributed by atoms with Gasteiger partial charge in [0.1, 0.15) is 23.4 Å². The van der Waals surface area contributed by atoms with Gasteiger partial charge in [0, 0.05) is 12.1 Å². The molecule has 0 saturated carbocycles. The predicted octanol–water partition coefficient (Wildman–Crippen LogP) is 5.35. The second kappa shape index (κ2) is 7.97. The standard InChI is InChI=1S/C22H14Cl2FNO4/c23-15-8-5-13(10-16(15)24)20(27)18-19(17-2-1-9-30-17)26(22(29)21(18)28)11-12-3-6-14(25)7-4-12/h1-10,19,27H,11H2/b20-18-. The minimum absolute atomic E-state index is 0.0222. The molecule has 1 saturated heterocycles. The molecule has 1 N–H and O–H groups in total. The molecular weight excluding hydrogens is 432 g/mol. The first-order chi connectivity index (χ1) is 14.4. The van der Waals surface area contributed by atoms with Gasteiger partial charge in [0.15, 0.2) is 0 Å². The number of nitrogens with zero attached hydrogens (tertiary/aromatic N) is 1. The number of hydrogen-bond acceptors (Lipinski definition) is 4. The van der Waals surface area contributed by atoms with Gasteiger partial charge < -0.3 is 14.4 Å². The minimum Gasteiger partial charge on any atom is -0.507 e. The first kappa shape index (κ1) is 20.2. The van der Waals surface area contributed by atoms with Crippen LogP contribution < -0.4 is 0 Å². The second-order valence-corrected chi connectivity index (χ2v) is 7.51. The maximum Gasteiger partial charge on any atom is 0.296 e. The van der Waals surface area contributed by atoms with E-state index in [-0.39, 0.29) is 27.7 Å². The first-order valence-corrected chi connectivity index (χ1v) is 9.64. The van der Waals surface area contributed by atoms with Crippen molar-refractivity contribution in [3.8, 4) is 0 Å². The maximum absolute atomic E-state index is 13.2. The summed E-state index contributed by atoms with van der Waals surface area (Å²) in [5.41, 5.74) is 0.723. The summed E-state index contributed by atoms with van der Waals surface area (Å²) in [6, 6.07) is 12.2. The molecule has 0 spiro atoms. The van der Waals surface area contributed by atoms with Crippen molar-refractivity contribution in [3.63, 3.8) is 0 Å². The number of amides is 1. The van der Waals surface area contributed by atoms with Crippen LogP contribution in [0.3, 0.4) is 0 Å². The number of halogens is 3. The Morgan fingerprint density at radius 3 is 2.43 bits per heavy atom. The van der Waals surface area contributed by atoms with E-state index in [0.717, 1.165) is 0 Å². The van der Waals surface area contributed by atoms with Crippen LogP contribution in [0.4, 0.5) is 4.39 Å². The lowest BCUT2D eigenvalue weighted by Crippen LogP contribution is -2.29. The molecule has 1 atom stereocenters. The van der Waals surface area contributed by atoms with Crippen LogP contribution in [-0.4, -0.2) is 21.7 Å². The molecule has 1 amide bonds. The van der Waals surface area contributed by atoms with Crippen LogP contribution in [0.15, 0.2) is 70.9 Å². The Balaban J connectivity index is 1.82. The monoisotopic (exact) mass is 445 g/mol. The maximum atomic E-state index is 13.2. The number of hydrogen-bond donors (Lipinski definition) is 1. The number of carbonyl (C=O) groups is 2. The normalized spacial score (nSPS) is 18.2. The Hall–Kier alpha value is -3.09. The van der Waals surface area contributed by atoms with Crippen molar-refractivity contribution in [2.24, 2.45) is 0 Å². The Labute approximate surface area is 180 Å². The zero-order valence-corrected chi connectivity index (χ0v) is 16.8. The van der Waals surface area contributed by atoms with E-state index in [2.05, 4.69) is 0 Å². The van der Waals surface area contributed by atoms with E-state index >= 15 is 0 Å². The average Bonchev–Trinajstić information content (AvgIpc) is 3.34. The van der Waals surface area contributed by atoms with Crippen LogP contribution in [-0.2, 0) is 16.1 Å². The van der Waals surface area contributed by atoms with E-state index in [1.54, 1.807) is 12.1 Å². The van der Waals surface area contributed by atoms with Crippen molar-refractivity contribution in [1.29, 1.82) is 0 Å². The smallest absolute Gasteiger partial charge is 0.296 e. The summed E-state index contributed by atoms with van der Waals surface area (Å²) in [5.74, 6) is -2.17. The summed E-state index contributed by atoms with van der Waals surface area (Å²) in [7, 11) is 0. The summed E-state index contributed by atoms with van der Waals surface area (Å²) < 4.78 is 18.7. The Kier molecular flexibility index (Phi) is 5.37. The SMILES string of the molecule is O=C1C(=O)N(Cc2ccc(F)cc2)C(c2ccco2)/C1=C(/O)c1ccc(Cl)c(Cl)c1. The summed E-state index contributed by atoms with van der Waals surface area (Å²) in [6.07, 6.45) is 1.41. The van der Waals surface area contributed by atoms with Gasteiger partial charge in [0.05, 0.1) is 21.9 Å². The number of furan rings is 1. The molecule has 1 aliphatic heterocycles. The summed E-state index contributed by atoms with van der Waals surface area (Å²) in [6.45, 7) is 0.0222. The van der Waals surface area contributed by atoms with Crippen LogP contribution >= 0.6 is 23.2 Å². The molecule has 0 radical (unpaired) electrons. The highest BCUT2D eigenvalue weighted by Crippen LogP contribution is 2.41. The fourth-order valence-electron chi connectivity index (χ4n) is 3.37. The van der Waals surface area contributed by atoms with Crippen molar-refractivity contribution < 1.29 is 23.5 Å². The second-order valence-electron chi connectivity index (χ2n) is 6.70. The number of aliphatic hydroxyl groups is 1. The first-order valence-electron chi connectivity index (χ1n) is 8.88. The van der Waals surface area contributed by atoms with Gasteiger partial charge in [-0.3, -0.25) is 9.59 Å². The predicted molar refractivity (Wildman–Crippen MR) is 109 cm³/mol. The average molecular weight is 446 g/mol. The molecule has 2 aromatic carbocycles. The van der Waals surface area contributed by atoms with Gasteiger partial charge in [0.2, 0.25) is 0 Å². The summed E-state index contributed by atoms with van der Waals surface area (Å²) >= 11 is 12.0. The van der Waals surface area contributed by atoms with Crippen molar-refractivity contribution in [2.45, 2.75) is 12.6 Å². The number of ketones is 1. The van der Waals surface area contributed by atoms with Crippen molar-refractivity contribution in [3.05, 3.63) is 99.2 Å². The van der Waals surface area contributed by atoms with Gasteiger partial charge in [-0.2, -0.15) is 0 Å². The molecule has 3 aromatic rings. The van der Waals surface area contributed by atoms with Crippen molar-refractivity contribution in [2.75, 3.05) is 0 Å². The summed E-state index contributed by atoms with van der Waals surface area (Å²) in [4.78, 5) is 27.0. The quantitative estimate of drug-likeness (QED) is 0.333. The van der Waals surface area contributed by atoms with E-state index in [1.807, 2.05) is 0 Å². The highest BCUT2D eigenvalue weighted by molar-refractivity contribution is 6.46. The van der Waals surface area contributed by atoms with Crippen LogP contribution in [0, 0.1) is 5.82 Å². The van der Waals surface area contributed by atoms with E-state index < -0.39 is 29.3 Å². The molecule has 0 aliphatic carbocycles. The molecule has 152 valence electrons. The number of carbonyl (C=O) groups excluding carboxylic acids is 2. The highest BCUT2D eigenvalue weighted by Gasteiger charge is 2.47. The molecule has 30 heavy (non-hydrogen) atoms. The van der Waals surface area contributed by atoms with Crippen LogP contribution in [0.25, 0.3) is 5.76 Å². The van der Waals surface area contributed by atoms with Gasteiger partial charge in [-0.05, 0) is 48.0 Å². The molecule has 0 bridgehead atoms. The molecule has 1 aromatic heterocycles. The number of Topliss-reactive ketones (excluding diaryl/α,β-unsaturated/α-hetero) is 1. The van der Waals surface area contributed by atoms with E-state index in [0.29, 0.717) is 11.3 Å². The van der Waals surface area contributed by atoms with Gasteiger partial charge >= 0.3 is 0 Å². The third kappa shape index (κ3) is 3.60. The topological polar surface area (TPSA) is 70.8 Å². The van der Waals surface area contributed by atoms with Crippen LogP contribution in [0.5, 0.6) is 0 Å². The third-order valence-electron chi connectivity index (χ3n) is 4.81. The minimum atomic E-state index is -0.959. The molecule has 1 fully saturated rings. The number of benzene rings is 2. The number of likely N-dealkylation sites (tertiary alicyclic amines) is 1. The van der Waals surface area contributed by atoms with Crippen LogP contribution in [0.1, 0.15) is 22.9 Å². The lowest BCUT2D eigenvalue weighted by Gasteiger charge is -2.23. The number of aliphatic hydroxyl groups excluding tert-OH is 1. The Morgan fingerprint density at radius 2 is 1.80 bits per heavy atom. The fraction of sp³-hybridized carbons (Fsp3) is 0.0909. The van der Waals surface area contributed by atoms with Crippen molar-refractivity contribution >= 4 is 40.7 Å². The molecule has 5 nitrogen and oxygen atoms in total. The van der Waals surface area contributed by atoms with Crippen molar-refractivity contribution in [1.82, 2.24) is 4.90 Å². The van der Waals surface area contributed by atoms with Gasteiger partial charge in [-0.15, -0.1) is 0 Å². The van der Waals surface area contributed by atoms with E-state index in [9.17, 15) is 19.1 Å². The molecule has 1 unspecified atom stereocenters. The number of rotatable bonds is 4. The van der Waals surface area contributed by atoms with E-state index in [4.69, 9.17) is 27.6 Å². The Bertz CT molecular complexity index is 1160. The fourth-order valence-corrected chi connectivity index (χ4v) is 3.67. The molecular formula is C22H14Cl2FNO4. The zero-order valence-electron chi connectivity index (χ0n) is 15.3. The van der Waals surface area contributed by atoms with Gasteiger partial charge in [-0.1, -0.05) is 35.3 Å². The van der Waals surface area contributed by atoms with Crippen LogP contribution in [0.2, 0.25) is 10.0 Å². The lowest BCUT2D eigenvalue weighted by molar-refractivity contribution is -0.140. The largest absolute Gasteiger partial charge is 0.507 e. The van der Waals surface area contributed by atoms with Gasteiger partial charge in [0.25, 0.3) is 11.7 Å².